The number of ether oxygens (including phenoxy) is 2. The minimum absolute atomic E-state index is 0.213. The number of hydrogen-bond acceptors (Lipinski definition) is 5. The third kappa shape index (κ3) is 3.81. The normalized spacial score (nSPS) is 17.0. The number of benzene rings is 1. The van der Waals surface area contributed by atoms with Crippen molar-refractivity contribution in [1.82, 2.24) is 9.99 Å². The molecule has 7 heteroatoms. The highest BCUT2D eigenvalue weighted by Crippen LogP contribution is 2.35. The molecule has 7 nitrogen and oxygen atoms in total. The summed E-state index contributed by atoms with van der Waals surface area (Å²) in [5, 5.41) is 11.6. The summed E-state index contributed by atoms with van der Waals surface area (Å²) < 4.78 is 10.5. The van der Waals surface area contributed by atoms with Crippen molar-refractivity contribution in [2.75, 3.05) is 26.8 Å². The third-order valence-electron chi connectivity index (χ3n) is 4.61. The second-order valence-corrected chi connectivity index (χ2v) is 7.33. The molecule has 26 heavy (non-hydrogen) atoms. The number of carbonyl (C=O) groups is 1. The summed E-state index contributed by atoms with van der Waals surface area (Å²) in [5.74, 6) is 0.262. The van der Waals surface area contributed by atoms with Crippen LogP contribution >= 0.6 is 0 Å². The summed E-state index contributed by atoms with van der Waals surface area (Å²) in [6, 6.07) is 5.55. The van der Waals surface area contributed by atoms with Gasteiger partial charge in [-0.2, -0.15) is 0 Å². The van der Waals surface area contributed by atoms with Gasteiger partial charge < -0.3 is 14.5 Å². The number of carbonyl (C=O) groups excluding carboxylic acids is 1. The van der Waals surface area contributed by atoms with Gasteiger partial charge in [-0.15, -0.1) is 5.11 Å². The van der Waals surface area contributed by atoms with Crippen LogP contribution in [-0.2, 0) is 4.74 Å². The first-order chi connectivity index (χ1) is 12.4. The van der Waals surface area contributed by atoms with Gasteiger partial charge in [-0.25, -0.2) is 4.79 Å². The van der Waals surface area contributed by atoms with Crippen LogP contribution < -0.4 is 4.74 Å². The van der Waals surface area contributed by atoms with E-state index in [-0.39, 0.29) is 5.41 Å². The molecular formula is C19H26N4O3. The molecular weight excluding hydrogens is 332 g/mol. The van der Waals surface area contributed by atoms with Gasteiger partial charge in [0.25, 0.3) is 0 Å². The Morgan fingerprint density at radius 1 is 1.38 bits per heavy atom. The molecule has 140 valence electrons. The molecule has 1 fully saturated rings. The van der Waals surface area contributed by atoms with Gasteiger partial charge >= 0.3 is 5.97 Å². The molecule has 1 aromatic heterocycles. The van der Waals surface area contributed by atoms with Gasteiger partial charge in [0.2, 0.25) is 0 Å². The van der Waals surface area contributed by atoms with Crippen LogP contribution in [0.2, 0.25) is 0 Å². The fourth-order valence-corrected chi connectivity index (χ4v) is 3.32. The summed E-state index contributed by atoms with van der Waals surface area (Å²) in [5.41, 5.74) is 1.81. The summed E-state index contributed by atoms with van der Waals surface area (Å²) in [6.07, 6.45) is 2.26. The van der Waals surface area contributed by atoms with E-state index in [4.69, 9.17) is 9.47 Å². The number of rotatable bonds is 5. The lowest BCUT2D eigenvalue weighted by Gasteiger charge is -2.35. The molecule has 0 radical (unpaired) electrons. The van der Waals surface area contributed by atoms with Crippen molar-refractivity contribution in [2.24, 2.45) is 15.8 Å². The number of nitrogens with one attached hydrogen (secondary N) is 1. The lowest BCUT2D eigenvalue weighted by molar-refractivity contribution is 0.0521. The Labute approximate surface area is 153 Å². The largest absolute Gasteiger partial charge is 0.497 e. The number of aromatic nitrogens is 1. The van der Waals surface area contributed by atoms with Crippen LogP contribution in [0.3, 0.4) is 0 Å². The summed E-state index contributed by atoms with van der Waals surface area (Å²) in [7, 11) is 1.61. The van der Waals surface area contributed by atoms with E-state index in [1.54, 1.807) is 14.0 Å². The molecule has 0 aliphatic carbocycles. The Morgan fingerprint density at radius 3 is 2.88 bits per heavy atom. The zero-order valence-electron chi connectivity index (χ0n) is 15.8. The average molecular weight is 358 g/mol. The lowest BCUT2D eigenvalue weighted by Crippen LogP contribution is -2.36. The molecule has 1 aliphatic heterocycles. The fraction of sp³-hybridized carbons (Fsp3) is 0.526. The number of piperidine rings is 1. The van der Waals surface area contributed by atoms with Crippen LogP contribution in [0.5, 0.6) is 5.75 Å². The molecule has 0 unspecified atom stereocenters. The molecule has 2 heterocycles. The highest BCUT2D eigenvalue weighted by molar-refractivity contribution is 6.05. The number of nitrogens with zero attached hydrogens (tertiary/aromatic N) is 3. The van der Waals surface area contributed by atoms with Crippen molar-refractivity contribution >= 4 is 22.6 Å². The van der Waals surface area contributed by atoms with Crippen molar-refractivity contribution in [2.45, 2.75) is 33.6 Å². The second kappa shape index (κ2) is 7.35. The van der Waals surface area contributed by atoms with E-state index in [2.05, 4.69) is 29.2 Å². The van der Waals surface area contributed by atoms with Crippen LogP contribution in [0.1, 0.15) is 44.1 Å². The Morgan fingerprint density at radius 2 is 2.19 bits per heavy atom. The van der Waals surface area contributed by atoms with Gasteiger partial charge in [-0.05, 0) is 43.4 Å². The molecule has 2 aromatic rings. The van der Waals surface area contributed by atoms with Crippen molar-refractivity contribution < 1.29 is 14.3 Å². The van der Waals surface area contributed by atoms with Crippen molar-refractivity contribution in [3.05, 3.63) is 23.9 Å². The van der Waals surface area contributed by atoms with E-state index in [0.717, 1.165) is 30.4 Å². The molecule has 0 amide bonds. The third-order valence-corrected chi connectivity index (χ3v) is 4.61. The Bertz CT molecular complexity index is 826. The zero-order chi connectivity index (χ0) is 18.7. The average Bonchev–Trinajstić information content (AvgIpc) is 2.97. The minimum atomic E-state index is -0.435. The van der Waals surface area contributed by atoms with E-state index in [0.29, 0.717) is 23.7 Å². The van der Waals surface area contributed by atoms with Gasteiger partial charge in [0.05, 0.1) is 13.7 Å². The van der Waals surface area contributed by atoms with E-state index in [1.807, 2.05) is 23.2 Å². The first kappa shape index (κ1) is 18.2. The second-order valence-electron chi connectivity index (χ2n) is 7.33. The predicted molar refractivity (Wildman–Crippen MR) is 99.9 cm³/mol. The van der Waals surface area contributed by atoms with Gasteiger partial charge in [0, 0.05) is 24.0 Å². The fourth-order valence-electron chi connectivity index (χ4n) is 3.32. The van der Waals surface area contributed by atoms with Crippen LogP contribution in [0.4, 0.5) is 5.69 Å². The highest BCUT2D eigenvalue weighted by atomic mass is 16.5. The molecule has 1 aliphatic rings. The van der Waals surface area contributed by atoms with Gasteiger partial charge in [-0.1, -0.05) is 19.1 Å². The highest BCUT2D eigenvalue weighted by Gasteiger charge is 2.26. The minimum Gasteiger partial charge on any atom is -0.497 e. The number of H-pyrrole nitrogens is 1. The molecule has 3 rings (SSSR count). The SMILES string of the molecule is CCOC(=O)c1[nH]c2ccc(OC)cc2c1N=NN1CCCC(C)(C)C1. The van der Waals surface area contributed by atoms with Crippen LogP contribution in [0.25, 0.3) is 10.9 Å². The summed E-state index contributed by atoms with van der Waals surface area (Å²) in [6.45, 7) is 8.25. The van der Waals surface area contributed by atoms with Crippen molar-refractivity contribution in [3.8, 4) is 5.75 Å². The molecule has 1 saturated heterocycles. The first-order valence-electron chi connectivity index (χ1n) is 8.97. The summed E-state index contributed by atoms with van der Waals surface area (Å²) in [4.78, 5) is 15.4. The number of methoxy groups -OCH3 is 1. The Balaban J connectivity index is 1.99. The number of hydrogen-bond donors (Lipinski definition) is 1. The molecule has 1 aromatic carbocycles. The van der Waals surface area contributed by atoms with Gasteiger partial charge in [0.15, 0.2) is 5.69 Å². The number of fused-ring (bicyclic) bond motifs is 1. The standard InChI is InChI=1S/C19H26N4O3/c1-5-26-18(24)17-16(14-11-13(25-4)7-8-15(14)20-17)21-22-23-10-6-9-19(2,3)12-23/h7-8,11,20H,5-6,9-10,12H2,1-4H3. The Kier molecular flexibility index (Phi) is 5.15. The van der Waals surface area contributed by atoms with E-state index in [9.17, 15) is 4.79 Å². The molecule has 0 spiro atoms. The number of esters is 1. The summed E-state index contributed by atoms with van der Waals surface area (Å²) >= 11 is 0. The maximum atomic E-state index is 12.3. The lowest BCUT2D eigenvalue weighted by atomic mass is 9.85. The Hall–Kier alpha value is -2.57. The van der Waals surface area contributed by atoms with Crippen LogP contribution in [-0.4, -0.2) is 42.8 Å². The maximum Gasteiger partial charge on any atom is 0.357 e. The van der Waals surface area contributed by atoms with E-state index in [1.165, 1.54) is 6.42 Å². The van der Waals surface area contributed by atoms with Crippen LogP contribution in [0.15, 0.2) is 28.5 Å². The monoisotopic (exact) mass is 358 g/mol. The zero-order valence-corrected chi connectivity index (χ0v) is 15.8. The topological polar surface area (TPSA) is 79.3 Å². The quantitative estimate of drug-likeness (QED) is 0.631. The van der Waals surface area contributed by atoms with Crippen molar-refractivity contribution in [3.63, 3.8) is 0 Å². The predicted octanol–water partition coefficient (Wildman–Crippen LogP) is 4.47. The van der Waals surface area contributed by atoms with Gasteiger partial charge in [0.1, 0.15) is 11.4 Å². The molecule has 0 saturated carbocycles. The maximum absolute atomic E-state index is 12.3. The van der Waals surface area contributed by atoms with Gasteiger partial charge in [-0.3, -0.25) is 5.01 Å². The van der Waals surface area contributed by atoms with E-state index < -0.39 is 5.97 Å². The van der Waals surface area contributed by atoms with Crippen LogP contribution in [0, 0.1) is 5.41 Å². The molecule has 1 N–H and O–H groups in total. The number of aromatic amines is 1. The molecule has 0 atom stereocenters. The molecule has 0 bridgehead atoms. The first-order valence-corrected chi connectivity index (χ1v) is 8.97. The van der Waals surface area contributed by atoms with E-state index >= 15 is 0 Å². The smallest absolute Gasteiger partial charge is 0.357 e. The van der Waals surface area contributed by atoms with Crippen molar-refractivity contribution in [1.29, 1.82) is 0 Å².